The van der Waals surface area contributed by atoms with Crippen molar-refractivity contribution < 1.29 is 4.79 Å². The topological polar surface area (TPSA) is 87.7 Å². The zero-order valence-electron chi connectivity index (χ0n) is 10.0. The number of carbonyl (C=O) groups excluding carboxylic acids is 1. The molecule has 2 aromatic heterocycles. The zero-order valence-corrected chi connectivity index (χ0v) is 10.9. The molecule has 1 amide bonds. The molecule has 0 saturated heterocycles. The highest BCUT2D eigenvalue weighted by molar-refractivity contribution is 7.09. The van der Waals surface area contributed by atoms with Crippen molar-refractivity contribution >= 4 is 17.2 Å². The number of aromatic amines is 1. The standard InChI is InChI=1S/C12H12N4O2S/c17-10-3-9(15-11(16-10)7-1-2-7)12(18)14-5-8-4-13-6-19-8/h3-4,6-7H,1-2,5H2,(H,14,18)(H,15,16,17). The Hall–Kier alpha value is -2.02. The van der Waals surface area contributed by atoms with E-state index in [1.807, 2.05) is 0 Å². The van der Waals surface area contributed by atoms with Crippen molar-refractivity contribution in [2.45, 2.75) is 25.3 Å². The molecule has 19 heavy (non-hydrogen) atoms. The van der Waals surface area contributed by atoms with Crippen LogP contribution in [0.25, 0.3) is 0 Å². The second-order valence-corrected chi connectivity index (χ2v) is 5.41. The van der Waals surface area contributed by atoms with E-state index in [0.717, 1.165) is 17.7 Å². The van der Waals surface area contributed by atoms with Gasteiger partial charge >= 0.3 is 0 Å². The first kappa shape index (κ1) is 12.0. The Balaban J connectivity index is 1.73. The van der Waals surface area contributed by atoms with Crippen LogP contribution in [0.2, 0.25) is 0 Å². The third-order valence-corrected chi connectivity index (χ3v) is 3.64. The van der Waals surface area contributed by atoms with E-state index in [1.54, 1.807) is 11.7 Å². The fourth-order valence-corrected chi connectivity index (χ4v) is 2.26. The Morgan fingerprint density at radius 1 is 1.53 bits per heavy atom. The summed E-state index contributed by atoms with van der Waals surface area (Å²) >= 11 is 1.47. The number of H-pyrrole nitrogens is 1. The molecule has 1 aliphatic rings. The summed E-state index contributed by atoms with van der Waals surface area (Å²) in [5, 5.41) is 2.73. The monoisotopic (exact) mass is 276 g/mol. The molecule has 1 fully saturated rings. The quantitative estimate of drug-likeness (QED) is 0.873. The summed E-state index contributed by atoms with van der Waals surface area (Å²) in [6.45, 7) is 0.400. The SMILES string of the molecule is O=C(NCc1cncs1)c1cc(=O)[nH]c(C2CC2)n1. The van der Waals surface area contributed by atoms with Gasteiger partial charge in [0, 0.05) is 23.1 Å². The maximum atomic E-state index is 11.9. The minimum Gasteiger partial charge on any atom is -0.346 e. The lowest BCUT2D eigenvalue weighted by atomic mass is 10.3. The molecular weight excluding hydrogens is 264 g/mol. The van der Waals surface area contributed by atoms with Crippen LogP contribution < -0.4 is 10.9 Å². The molecule has 0 bridgehead atoms. The van der Waals surface area contributed by atoms with Gasteiger partial charge < -0.3 is 10.3 Å². The van der Waals surface area contributed by atoms with Crippen LogP contribution in [0.1, 0.15) is 39.9 Å². The fourth-order valence-electron chi connectivity index (χ4n) is 1.73. The summed E-state index contributed by atoms with van der Waals surface area (Å²) in [6.07, 6.45) is 3.75. The van der Waals surface area contributed by atoms with Crippen molar-refractivity contribution in [1.29, 1.82) is 0 Å². The Morgan fingerprint density at radius 2 is 2.37 bits per heavy atom. The summed E-state index contributed by atoms with van der Waals surface area (Å²) in [4.78, 5) is 35.2. The van der Waals surface area contributed by atoms with Gasteiger partial charge in [0.2, 0.25) is 0 Å². The molecule has 0 radical (unpaired) electrons. The minimum atomic E-state index is -0.332. The highest BCUT2D eigenvalue weighted by atomic mass is 32.1. The van der Waals surface area contributed by atoms with Crippen molar-refractivity contribution in [3.05, 3.63) is 44.5 Å². The molecule has 0 unspecified atom stereocenters. The molecule has 0 aromatic carbocycles. The normalized spacial score (nSPS) is 14.3. The maximum Gasteiger partial charge on any atom is 0.270 e. The number of carbonyl (C=O) groups is 1. The molecule has 0 aliphatic heterocycles. The molecule has 2 aromatic rings. The highest BCUT2D eigenvalue weighted by Crippen LogP contribution is 2.37. The van der Waals surface area contributed by atoms with E-state index in [2.05, 4.69) is 20.3 Å². The molecule has 0 spiro atoms. The van der Waals surface area contributed by atoms with Gasteiger partial charge in [0.25, 0.3) is 11.5 Å². The van der Waals surface area contributed by atoms with Crippen LogP contribution in [0.3, 0.4) is 0 Å². The Bertz CT molecular complexity index is 646. The van der Waals surface area contributed by atoms with E-state index >= 15 is 0 Å². The third kappa shape index (κ3) is 2.87. The second kappa shape index (κ2) is 4.93. The highest BCUT2D eigenvalue weighted by Gasteiger charge is 2.27. The summed E-state index contributed by atoms with van der Waals surface area (Å²) in [7, 11) is 0. The second-order valence-electron chi connectivity index (χ2n) is 4.44. The number of rotatable bonds is 4. The van der Waals surface area contributed by atoms with Crippen molar-refractivity contribution in [3.63, 3.8) is 0 Å². The van der Waals surface area contributed by atoms with Crippen LogP contribution in [0.15, 0.2) is 22.6 Å². The molecule has 98 valence electrons. The first-order valence-electron chi connectivity index (χ1n) is 5.99. The first-order valence-corrected chi connectivity index (χ1v) is 6.87. The van der Waals surface area contributed by atoms with Crippen molar-refractivity contribution in [1.82, 2.24) is 20.3 Å². The lowest BCUT2D eigenvalue weighted by molar-refractivity contribution is 0.0945. The van der Waals surface area contributed by atoms with Gasteiger partial charge in [-0.2, -0.15) is 0 Å². The van der Waals surface area contributed by atoms with Gasteiger partial charge in [0.1, 0.15) is 11.5 Å². The van der Waals surface area contributed by atoms with Crippen molar-refractivity contribution in [3.8, 4) is 0 Å². The average molecular weight is 276 g/mol. The fraction of sp³-hybridized carbons (Fsp3) is 0.333. The predicted molar refractivity (Wildman–Crippen MR) is 70.1 cm³/mol. The van der Waals surface area contributed by atoms with E-state index in [-0.39, 0.29) is 17.2 Å². The Labute approximate surface area is 112 Å². The van der Waals surface area contributed by atoms with Gasteiger partial charge in [-0.1, -0.05) is 0 Å². The van der Waals surface area contributed by atoms with Crippen molar-refractivity contribution in [2.75, 3.05) is 0 Å². The van der Waals surface area contributed by atoms with E-state index in [1.165, 1.54) is 17.4 Å². The molecule has 0 atom stereocenters. The van der Waals surface area contributed by atoms with E-state index in [9.17, 15) is 9.59 Å². The molecule has 1 aliphatic carbocycles. The largest absolute Gasteiger partial charge is 0.346 e. The van der Waals surface area contributed by atoms with Crippen LogP contribution in [0.4, 0.5) is 0 Å². The smallest absolute Gasteiger partial charge is 0.270 e. The van der Waals surface area contributed by atoms with Crippen LogP contribution in [0, 0.1) is 0 Å². The van der Waals surface area contributed by atoms with Gasteiger partial charge in [-0.25, -0.2) is 4.98 Å². The third-order valence-electron chi connectivity index (χ3n) is 2.86. The number of amides is 1. The lowest BCUT2D eigenvalue weighted by Gasteiger charge is -2.04. The number of nitrogens with zero attached hydrogens (tertiary/aromatic N) is 2. The molecule has 6 nitrogen and oxygen atoms in total. The van der Waals surface area contributed by atoms with Crippen LogP contribution in [0.5, 0.6) is 0 Å². The number of aromatic nitrogens is 3. The molecule has 3 rings (SSSR count). The molecule has 2 heterocycles. The van der Waals surface area contributed by atoms with Gasteiger partial charge in [-0.3, -0.25) is 14.6 Å². The van der Waals surface area contributed by atoms with Gasteiger partial charge in [-0.15, -0.1) is 11.3 Å². The number of hydrogen-bond donors (Lipinski definition) is 2. The summed E-state index contributed by atoms with van der Waals surface area (Å²) in [5.74, 6) is 0.596. The Kier molecular flexibility index (Phi) is 3.12. The number of thiazole rings is 1. The molecule has 7 heteroatoms. The van der Waals surface area contributed by atoms with Crippen LogP contribution in [-0.2, 0) is 6.54 Å². The summed E-state index contributed by atoms with van der Waals surface area (Å²) in [6, 6.07) is 1.23. The van der Waals surface area contributed by atoms with Crippen molar-refractivity contribution in [2.24, 2.45) is 0 Å². The average Bonchev–Trinajstić information content (AvgIpc) is 3.13. The van der Waals surface area contributed by atoms with Gasteiger partial charge in [0.05, 0.1) is 12.1 Å². The van der Waals surface area contributed by atoms with E-state index in [4.69, 9.17) is 0 Å². The lowest BCUT2D eigenvalue weighted by Crippen LogP contribution is -2.26. The maximum absolute atomic E-state index is 11.9. The Morgan fingerprint density at radius 3 is 3.05 bits per heavy atom. The van der Waals surface area contributed by atoms with Crippen LogP contribution >= 0.6 is 11.3 Å². The first-order chi connectivity index (χ1) is 9.22. The van der Waals surface area contributed by atoms with Gasteiger partial charge in [0.15, 0.2) is 0 Å². The summed E-state index contributed by atoms with van der Waals surface area (Å²) in [5.41, 5.74) is 1.60. The zero-order chi connectivity index (χ0) is 13.2. The molecule has 2 N–H and O–H groups in total. The molecular formula is C12H12N4O2S. The van der Waals surface area contributed by atoms with Gasteiger partial charge in [-0.05, 0) is 12.8 Å². The van der Waals surface area contributed by atoms with E-state index < -0.39 is 0 Å². The van der Waals surface area contributed by atoms with Crippen LogP contribution in [-0.4, -0.2) is 20.9 Å². The minimum absolute atomic E-state index is 0.176. The summed E-state index contributed by atoms with van der Waals surface area (Å²) < 4.78 is 0. The van der Waals surface area contributed by atoms with E-state index in [0.29, 0.717) is 18.3 Å². The number of nitrogens with one attached hydrogen (secondary N) is 2. The number of hydrogen-bond acceptors (Lipinski definition) is 5. The predicted octanol–water partition coefficient (Wildman–Crippen LogP) is 1.03. The molecule has 1 saturated carbocycles.